The van der Waals surface area contributed by atoms with E-state index in [1.807, 2.05) is 47.0 Å². The van der Waals surface area contributed by atoms with Gasteiger partial charge in [0.1, 0.15) is 5.76 Å². The first-order valence-electron chi connectivity index (χ1n) is 10.5. The van der Waals surface area contributed by atoms with Gasteiger partial charge in [0.05, 0.1) is 18.6 Å². The number of nitrogens with zero attached hydrogens (tertiary/aromatic N) is 3. The molecule has 1 fully saturated rings. The average molecular weight is 425 g/mol. The van der Waals surface area contributed by atoms with Crippen LogP contribution in [0.15, 0.2) is 58.3 Å². The van der Waals surface area contributed by atoms with Crippen molar-refractivity contribution in [2.45, 2.75) is 50.9 Å². The molecule has 30 heavy (non-hydrogen) atoms. The first-order valence-corrected chi connectivity index (χ1v) is 11.5. The van der Waals surface area contributed by atoms with Crippen LogP contribution >= 0.6 is 11.8 Å². The van der Waals surface area contributed by atoms with Crippen LogP contribution < -0.4 is 5.32 Å². The molecule has 3 aromatic rings. The Kier molecular flexibility index (Phi) is 6.57. The van der Waals surface area contributed by atoms with Crippen LogP contribution in [-0.4, -0.2) is 32.5 Å². The summed E-state index contributed by atoms with van der Waals surface area (Å²) in [6.07, 6.45) is 5.16. The number of hydrogen-bond donors (Lipinski definition) is 1. The Labute approximate surface area is 181 Å². The molecule has 158 valence electrons. The van der Waals surface area contributed by atoms with E-state index in [9.17, 15) is 4.79 Å². The average Bonchev–Trinajstić information content (AvgIpc) is 3.41. The lowest BCUT2D eigenvalue weighted by atomic mass is 9.78. The predicted octanol–water partition coefficient (Wildman–Crippen LogP) is 4.62. The number of benzene rings is 1. The molecule has 2 aromatic heterocycles. The van der Waals surface area contributed by atoms with Gasteiger partial charge in [0, 0.05) is 11.6 Å². The van der Waals surface area contributed by atoms with Gasteiger partial charge in [-0.3, -0.25) is 9.36 Å². The van der Waals surface area contributed by atoms with Crippen molar-refractivity contribution >= 4 is 17.7 Å². The lowest BCUT2D eigenvalue weighted by Gasteiger charge is -2.34. The SMILES string of the molecule is C[C@@H]1[C@H](C)CCC[C@H]1NC(=O)CSc1nnc(-c2ccccc2)n1Cc1ccco1. The van der Waals surface area contributed by atoms with Gasteiger partial charge in [0.2, 0.25) is 5.91 Å². The fourth-order valence-electron chi connectivity index (χ4n) is 4.06. The zero-order chi connectivity index (χ0) is 20.9. The number of hydrogen-bond acceptors (Lipinski definition) is 5. The van der Waals surface area contributed by atoms with Crippen LogP contribution in [0.3, 0.4) is 0 Å². The molecular formula is C23H28N4O2S. The quantitative estimate of drug-likeness (QED) is 0.560. The summed E-state index contributed by atoms with van der Waals surface area (Å²) in [5, 5.41) is 12.7. The highest BCUT2D eigenvalue weighted by atomic mass is 32.2. The van der Waals surface area contributed by atoms with Gasteiger partial charge >= 0.3 is 0 Å². The molecule has 4 rings (SSSR count). The van der Waals surface area contributed by atoms with E-state index in [4.69, 9.17) is 4.42 Å². The minimum atomic E-state index is 0.0553. The van der Waals surface area contributed by atoms with Gasteiger partial charge in [0.15, 0.2) is 11.0 Å². The van der Waals surface area contributed by atoms with E-state index in [1.54, 1.807) is 6.26 Å². The standard InChI is InChI=1S/C23H28N4O2S/c1-16-8-6-12-20(17(16)2)24-21(28)15-30-23-26-25-22(18-9-4-3-5-10-18)27(23)14-19-11-7-13-29-19/h3-5,7,9-11,13,16-17,20H,6,8,12,14-15H2,1-2H3,(H,24,28)/t16-,17-,20-/m1/s1. The Morgan fingerprint density at radius 1 is 1.17 bits per heavy atom. The van der Waals surface area contributed by atoms with Crippen molar-refractivity contribution in [1.82, 2.24) is 20.1 Å². The van der Waals surface area contributed by atoms with Crippen LogP contribution in [0.1, 0.15) is 38.9 Å². The van der Waals surface area contributed by atoms with E-state index in [0.717, 1.165) is 23.6 Å². The maximum Gasteiger partial charge on any atom is 0.230 e. The minimum absolute atomic E-state index is 0.0553. The molecule has 6 nitrogen and oxygen atoms in total. The fraction of sp³-hybridized carbons (Fsp3) is 0.435. The monoisotopic (exact) mass is 424 g/mol. The van der Waals surface area contributed by atoms with Crippen LogP contribution in [0, 0.1) is 11.8 Å². The summed E-state index contributed by atoms with van der Waals surface area (Å²) in [7, 11) is 0. The van der Waals surface area contributed by atoms with Crippen LogP contribution in [0.5, 0.6) is 0 Å². The molecule has 3 atom stereocenters. The molecule has 0 unspecified atom stereocenters. The van der Waals surface area contributed by atoms with Crippen LogP contribution in [0.25, 0.3) is 11.4 Å². The molecule has 1 aliphatic carbocycles. The van der Waals surface area contributed by atoms with E-state index >= 15 is 0 Å². The topological polar surface area (TPSA) is 73.0 Å². The number of amides is 1. The first kappa shape index (κ1) is 20.7. The Morgan fingerprint density at radius 2 is 2.00 bits per heavy atom. The lowest BCUT2D eigenvalue weighted by Crippen LogP contribution is -2.44. The van der Waals surface area contributed by atoms with Gasteiger partial charge in [-0.1, -0.05) is 68.8 Å². The number of carbonyl (C=O) groups is 1. The Balaban J connectivity index is 1.47. The molecule has 2 heterocycles. The zero-order valence-corrected chi connectivity index (χ0v) is 18.3. The second-order valence-corrected chi connectivity index (χ2v) is 9.01. The number of furan rings is 1. The third-order valence-corrected chi connectivity index (χ3v) is 7.00. The Morgan fingerprint density at radius 3 is 2.77 bits per heavy atom. The Bertz CT molecular complexity index is 955. The van der Waals surface area contributed by atoms with E-state index in [-0.39, 0.29) is 11.9 Å². The predicted molar refractivity (Wildman–Crippen MR) is 118 cm³/mol. The number of aromatic nitrogens is 3. The molecule has 1 amide bonds. The molecule has 0 bridgehead atoms. The van der Waals surface area contributed by atoms with Crippen molar-refractivity contribution in [3.05, 3.63) is 54.5 Å². The fourth-order valence-corrected chi connectivity index (χ4v) is 4.81. The van der Waals surface area contributed by atoms with Gasteiger partial charge in [0.25, 0.3) is 0 Å². The molecule has 0 aliphatic heterocycles. The molecule has 1 N–H and O–H groups in total. The van der Waals surface area contributed by atoms with Gasteiger partial charge in [-0.25, -0.2) is 0 Å². The molecule has 7 heteroatoms. The van der Waals surface area contributed by atoms with E-state index in [1.165, 1.54) is 24.6 Å². The zero-order valence-electron chi connectivity index (χ0n) is 17.5. The van der Waals surface area contributed by atoms with Crippen molar-refractivity contribution in [3.8, 4) is 11.4 Å². The highest BCUT2D eigenvalue weighted by Crippen LogP contribution is 2.30. The van der Waals surface area contributed by atoms with Crippen LogP contribution in [-0.2, 0) is 11.3 Å². The smallest absolute Gasteiger partial charge is 0.230 e. The second-order valence-electron chi connectivity index (χ2n) is 8.07. The summed E-state index contributed by atoms with van der Waals surface area (Å²) in [5.74, 6) is 3.14. The normalized spacial score (nSPS) is 21.5. The van der Waals surface area contributed by atoms with Crippen molar-refractivity contribution in [2.24, 2.45) is 11.8 Å². The highest BCUT2D eigenvalue weighted by molar-refractivity contribution is 7.99. The molecule has 1 aliphatic rings. The van der Waals surface area contributed by atoms with Crippen molar-refractivity contribution < 1.29 is 9.21 Å². The molecule has 1 saturated carbocycles. The third-order valence-electron chi connectivity index (χ3n) is 6.03. The van der Waals surface area contributed by atoms with E-state index < -0.39 is 0 Å². The highest BCUT2D eigenvalue weighted by Gasteiger charge is 2.28. The number of rotatable bonds is 7. The molecule has 0 spiro atoms. The maximum atomic E-state index is 12.6. The number of nitrogens with one attached hydrogen (secondary N) is 1. The molecule has 0 radical (unpaired) electrons. The van der Waals surface area contributed by atoms with Crippen molar-refractivity contribution in [2.75, 3.05) is 5.75 Å². The van der Waals surface area contributed by atoms with E-state index in [0.29, 0.717) is 29.3 Å². The molecular weight excluding hydrogens is 396 g/mol. The Hall–Kier alpha value is -2.54. The summed E-state index contributed by atoms with van der Waals surface area (Å²) < 4.78 is 7.55. The summed E-state index contributed by atoms with van der Waals surface area (Å²) in [6, 6.07) is 14.0. The van der Waals surface area contributed by atoms with Gasteiger partial charge in [-0.05, 0) is 30.4 Å². The summed E-state index contributed by atoms with van der Waals surface area (Å²) in [5.41, 5.74) is 0.984. The largest absolute Gasteiger partial charge is 0.467 e. The molecule has 0 saturated heterocycles. The summed E-state index contributed by atoms with van der Waals surface area (Å²) >= 11 is 1.42. The first-order chi connectivity index (χ1) is 14.6. The summed E-state index contributed by atoms with van der Waals surface area (Å²) in [6.45, 7) is 5.04. The van der Waals surface area contributed by atoms with Crippen molar-refractivity contribution in [1.29, 1.82) is 0 Å². The summed E-state index contributed by atoms with van der Waals surface area (Å²) in [4.78, 5) is 12.6. The lowest BCUT2D eigenvalue weighted by molar-refractivity contribution is -0.120. The van der Waals surface area contributed by atoms with Crippen molar-refractivity contribution in [3.63, 3.8) is 0 Å². The van der Waals surface area contributed by atoms with E-state index in [2.05, 4.69) is 29.4 Å². The third kappa shape index (κ3) is 4.78. The van der Waals surface area contributed by atoms with Crippen LogP contribution in [0.2, 0.25) is 0 Å². The van der Waals surface area contributed by atoms with Gasteiger partial charge in [-0.2, -0.15) is 0 Å². The van der Waals surface area contributed by atoms with Gasteiger partial charge in [-0.15, -0.1) is 10.2 Å². The van der Waals surface area contributed by atoms with Gasteiger partial charge < -0.3 is 9.73 Å². The molecule has 1 aromatic carbocycles. The number of carbonyl (C=O) groups excluding carboxylic acids is 1. The minimum Gasteiger partial charge on any atom is -0.467 e. The second kappa shape index (κ2) is 9.51. The number of thioether (sulfide) groups is 1. The van der Waals surface area contributed by atoms with Crippen LogP contribution in [0.4, 0.5) is 0 Å². The maximum absolute atomic E-state index is 12.6.